The molecule has 162 valence electrons. The van der Waals surface area contributed by atoms with Crippen molar-refractivity contribution in [1.82, 2.24) is 14.5 Å². The van der Waals surface area contributed by atoms with E-state index in [9.17, 15) is 15.0 Å². The Bertz CT molecular complexity index is 1140. The fourth-order valence-electron chi connectivity index (χ4n) is 3.84. The van der Waals surface area contributed by atoms with Crippen LogP contribution in [-0.4, -0.2) is 43.5 Å². The van der Waals surface area contributed by atoms with Gasteiger partial charge < -0.3 is 20.1 Å². The Morgan fingerprint density at radius 1 is 1.16 bits per heavy atom. The van der Waals surface area contributed by atoms with E-state index >= 15 is 0 Å². The molecule has 2 heterocycles. The second kappa shape index (κ2) is 9.36. The van der Waals surface area contributed by atoms with E-state index in [0.29, 0.717) is 39.2 Å². The summed E-state index contributed by atoms with van der Waals surface area (Å²) in [6.07, 6.45) is 5.27. The van der Waals surface area contributed by atoms with E-state index in [2.05, 4.69) is 15.3 Å². The van der Waals surface area contributed by atoms with Crippen LogP contribution in [0, 0.1) is 0 Å². The van der Waals surface area contributed by atoms with Gasteiger partial charge in [0.15, 0.2) is 0 Å². The Kier molecular flexibility index (Phi) is 6.57. The van der Waals surface area contributed by atoms with E-state index in [1.165, 1.54) is 10.6 Å². The molecule has 0 spiro atoms. The first-order chi connectivity index (χ1) is 14.9. The summed E-state index contributed by atoms with van der Waals surface area (Å²) in [5, 5.41) is 23.6. The van der Waals surface area contributed by atoms with Crippen LogP contribution in [0.4, 0.5) is 5.95 Å². The number of aliphatic hydroxyl groups excluding tert-OH is 2. The van der Waals surface area contributed by atoms with E-state index in [-0.39, 0.29) is 24.3 Å². The second-order valence-corrected chi connectivity index (χ2v) is 8.42. The van der Waals surface area contributed by atoms with Crippen molar-refractivity contribution in [3.8, 4) is 11.3 Å². The number of halogens is 2. The van der Waals surface area contributed by atoms with E-state index in [0.717, 1.165) is 12.8 Å². The van der Waals surface area contributed by atoms with E-state index < -0.39 is 6.04 Å². The van der Waals surface area contributed by atoms with Crippen molar-refractivity contribution >= 4 is 29.2 Å². The Hall–Kier alpha value is -2.45. The average molecular weight is 461 g/mol. The highest BCUT2D eigenvalue weighted by Crippen LogP contribution is 2.27. The van der Waals surface area contributed by atoms with Crippen molar-refractivity contribution in [2.24, 2.45) is 0 Å². The van der Waals surface area contributed by atoms with Gasteiger partial charge in [0, 0.05) is 30.1 Å². The number of hydrogen-bond donors (Lipinski definition) is 3. The molecule has 1 aliphatic rings. The summed E-state index contributed by atoms with van der Waals surface area (Å²) < 4.78 is 1.45. The molecule has 1 fully saturated rings. The van der Waals surface area contributed by atoms with Gasteiger partial charge in [0.05, 0.1) is 34.5 Å². The summed E-state index contributed by atoms with van der Waals surface area (Å²) in [5.41, 5.74) is 1.65. The number of aliphatic hydroxyl groups is 2. The number of hydrogen-bond acceptors (Lipinski definition) is 6. The van der Waals surface area contributed by atoms with Crippen molar-refractivity contribution < 1.29 is 10.2 Å². The van der Waals surface area contributed by atoms with Crippen LogP contribution in [0.25, 0.3) is 11.3 Å². The van der Waals surface area contributed by atoms with Crippen LogP contribution >= 0.6 is 23.2 Å². The molecular weight excluding hydrogens is 439 g/mol. The quantitative estimate of drug-likeness (QED) is 0.520. The predicted molar refractivity (Wildman–Crippen MR) is 121 cm³/mol. The van der Waals surface area contributed by atoms with Crippen LogP contribution < -0.4 is 10.9 Å². The van der Waals surface area contributed by atoms with Crippen LogP contribution in [0.2, 0.25) is 10.0 Å². The number of nitrogens with one attached hydrogen (secondary N) is 1. The lowest BCUT2D eigenvalue weighted by atomic mass is 10.1. The van der Waals surface area contributed by atoms with Crippen molar-refractivity contribution in [3.63, 3.8) is 0 Å². The first-order valence-corrected chi connectivity index (χ1v) is 10.8. The summed E-state index contributed by atoms with van der Waals surface area (Å²) in [6.45, 7) is -0.272. The summed E-state index contributed by atoms with van der Waals surface area (Å²) >= 11 is 12.1. The lowest BCUT2D eigenvalue weighted by Crippen LogP contribution is -2.26. The largest absolute Gasteiger partial charge is 0.394 e. The number of pyridine rings is 1. The summed E-state index contributed by atoms with van der Waals surface area (Å²) in [6, 6.07) is 9.54. The highest BCUT2D eigenvalue weighted by atomic mass is 35.5. The van der Waals surface area contributed by atoms with Gasteiger partial charge in [-0.25, -0.2) is 9.97 Å². The van der Waals surface area contributed by atoms with Crippen LogP contribution in [0.15, 0.2) is 53.6 Å². The maximum atomic E-state index is 12.8. The molecule has 0 bridgehead atoms. The molecular formula is C22H22Cl2N4O3. The topological polar surface area (TPSA) is 100 Å². The van der Waals surface area contributed by atoms with Crippen molar-refractivity contribution in [2.75, 3.05) is 11.9 Å². The predicted octanol–water partition coefficient (Wildman–Crippen LogP) is 3.52. The average Bonchev–Trinajstić information content (AvgIpc) is 3.17. The van der Waals surface area contributed by atoms with Gasteiger partial charge in [-0.3, -0.25) is 4.79 Å². The molecule has 7 nitrogen and oxygen atoms in total. The fourth-order valence-corrected chi connectivity index (χ4v) is 4.15. The molecule has 1 saturated carbocycles. The molecule has 3 aromatic rings. The molecule has 9 heteroatoms. The maximum absolute atomic E-state index is 12.8. The number of anilines is 1. The summed E-state index contributed by atoms with van der Waals surface area (Å²) in [4.78, 5) is 21.6. The lowest BCUT2D eigenvalue weighted by molar-refractivity contribution is 0.182. The SMILES string of the molecule is O=c1cc(-c2ccnc(N[C@H]3CC[C@H](O)C3)n2)ccn1C(CO)c1ccc(Cl)c(Cl)c1. The highest BCUT2D eigenvalue weighted by molar-refractivity contribution is 6.42. The Morgan fingerprint density at radius 3 is 2.68 bits per heavy atom. The fraction of sp³-hybridized carbons (Fsp3) is 0.318. The monoisotopic (exact) mass is 460 g/mol. The number of rotatable bonds is 6. The Morgan fingerprint density at radius 2 is 2.00 bits per heavy atom. The zero-order valence-electron chi connectivity index (χ0n) is 16.6. The molecule has 4 rings (SSSR count). The molecule has 0 saturated heterocycles. The molecule has 0 amide bonds. The van der Waals surface area contributed by atoms with Gasteiger partial charge in [-0.2, -0.15) is 0 Å². The van der Waals surface area contributed by atoms with Gasteiger partial charge in [-0.05, 0) is 49.1 Å². The van der Waals surface area contributed by atoms with E-state index in [1.807, 2.05) is 0 Å². The normalized spacial score (nSPS) is 19.4. The highest BCUT2D eigenvalue weighted by Gasteiger charge is 2.23. The number of aromatic nitrogens is 3. The van der Waals surface area contributed by atoms with Gasteiger partial charge in [-0.15, -0.1) is 0 Å². The van der Waals surface area contributed by atoms with Crippen LogP contribution in [0.1, 0.15) is 30.9 Å². The third-order valence-electron chi connectivity index (χ3n) is 5.47. The first-order valence-electron chi connectivity index (χ1n) is 10.0. The molecule has 0 radical (unpaired) electrons. The van der Waals surface area contributed by atoms with E-state index in [1.54, 1.807) is 42.7 Å². The molecule has 1 unspecified atom stereocenters. The number of benzene rings is 1. The molecule has 0 aliphatic heterocycles. The third kappa shape index (κ3) is 4.91. The smallest absolute Gasteiger partial charge is 0.251 e. The van der Waals surface area contributed by atoms with Crippen molar-refractivity contribution in [3.05, 3.63) is 74.8 Å². The minimum atomic E-state index is -0.590. The second-order valence-electron chi connectivity index (χ2n) is 7.61. The number of nitrogens with zero attached hydrogens (tertiary/aromatic N) is 3. The van der Waals surface area contributed by atoms with Crippen molar-refractivity contribution in [2.45, 2.75) is 37.5 Å². The van der Waals surface area contributed by atoms with Gasteiger partial charge in [0.2, 0.25) is 5.95 Å². The van der Waals surface area contributed by atoms with Crippen molar-refractivity contribution in [1.29, 1.82) is 0 Å². The first kappa shape index (κ1) is 21.8. The Balaban J connectivity index is 1.59. The van der Waals surface area contributed by atoms with Gasteiger partial charge >= 0.3 is 0 Å². The van der Waals surface area contributed by atoms with Crippen LogP contribution in [-0.2, 0) is 0 Å². The third-order valence-corrected chi connectivity index (χ3v) is 6.21. The molecule has 2 aromatic heterocycles. The maximum Gasteiger partial charge on any atom is 0.251 e. The van der Waals surface area contributed by atoms with Crippen LogP contribution in [0.3, 0.4) is 0 Å². The molecule has 3 N–H and O–H groups in total. The van der Waals surface area contributed by atoms with Gasteiger partial charge in [-0.1, -0.05) is 29.3 Å². The van der Waals surface area contributed by atoms with E-state index in [4.69, 9.17) is 23.2 Å². The zero-order chi connectivity index (χ0) is 22.0. The molecule has 1 aromatic carbocycles. The summed E-state index contributed by atoms with van der Waals surface area (Å²) in [7, 11) is 0. The minimum absolute atomic E-state index is 0.134. The standard InChI is InChI=1S/C22H22Cl2N4O3/c23-17-4-1-14(9-18(17)24)20(12-29)28-8-6-13(10-21(28)31)19-5-7-25-22(27-19)26-15-2-3-16(30)11-15/h1,4-10,15-16,20,29-30H,2-3,11-12H2,(H,25,26,27)/t15-,16-,20?/m0/s1. The minimum Gasteiger partial charge on any atom is -0.394 e. The Labute approximate surface area is 189 Å². The van der Waals surface area contributed by atoms with Crippen LogP contribution in [0.5, 0.6) is 0 Å². The molecule has 31 heavy (non-hydrogen) atoms. The lowest BCUT2D eigenvalue weighted by Gasteiger charge is -2.19. The zero-order valence-corrected chi connectivity index (χ0v) is 18.1. The molecule has 1 aliphatic carbocycles. The van der Waals surface area contributed by atoms with Gasteiger partial charge in [0.25, 0.3) is 5.56 Å². The van der Waals surface area contributed by atoms with Gasteiger partial charge in [0.1, 0.15) is 0 Å². The molecule has 3 atom stereocenters. The summed E-state index contributed by atoms with van der Waals surface area (Å²) in [5.74, 6) is 0.463.